The Morgan fingerprint density at radius 3 is 2.38 bits per heavy atom. The first-order chi connectivity index (χ1) is 10.1. The third-order valence-electron chi connectivity index (χ3n) is 3.30. The van der Waals surface area contributed by atoms with Crippen molar-refractivity contribution in [2.24, 2.45) is 5.92 Å². The predicted octanol–water partition coefficient (Wildman–Crippen LogP) is 3.81. The molecule has 0 atom stereocenters. The second-order valence-corrected chi connectivity index (χ2v) is 5.70. The summed E-state index contributed by atoms with van der Waals surface area (Å²) in [7, 11) is 1.95. The van der Waals surface area contributed by atoms with E-state index in [1.807, 2.05) is 19.2 Å². The van der Waals surface area contributed by atoms with Gasteiger partial charge in [0.1, 0.15) is 5.75 Å². The van der Waals surface area contributed by atoms with E-state index in [2.05, 4.69) is 55.3 Å². The number of rotatable bonds is 6. The van der Waals surface area contributed by atoms with Crippen LogP contribution in [-0.4, -0.2) is 18.6 Å². The molecule has 1 aromatic heterocycles. The average molecular weight is 284 g/mol. The molecule has 0 aliphatic carbocycles. The molecule has 2 rings (SSSR count). The van der Waals surface area contributed by atoms with Gasteiger partial charge in [-0.05, 0) is 55.8 Å². The maximum atomic E-state index is 5.70. The maximum Gasteiger partial charge on any atom is 0.119 e. The number of ether oxygens (including phenoxy) is 1. The van der Waals surface area contributed by atoms with E-state index in [1.54, 1.807) is 0 Å². The molecule has 0 spiro atoms. The molecule has 0 radical (unpaired) electrons. The quantitative estimate of drug-likeness (QED) is 0.876. The molecule has 1 N–H and O–H groups in total. The summed E-state index contributed by atoms with van der Waals surface area (Å²) >= 11 is 0. The highest BCUT2D eigenvalue weighted by Gasteiger charge is 2.04. The first kappa shape index (κ1) is 15.5. The van der Waals surface area contributed by atoms with Crippen LogP contribution in [0.2, 0.25) is 0 Å². The van der Waals surface area contributed by atoms with E-state index >= 15 is 0 Å². The minimum absolute atomic E-state index is 0.536. The number of hydrogen-bond acceptors (Lipinski definition) is 3. The van der Waals surface area contributed by atoms with Gasteiger partial charge in [-0.2, -0.15) is 0 Å². The summed E-state index contributed by atoms with van der Waals surface area (Å²) < 4.78 is 5.70. The minimum atomic E-state index is 0.536. The molecule has 0 amide bonds. The Kier molecular flexibility index (Phi) is 5.34. The number of pyridine rings is 1. The van der Waals surface area contributed by atoms with Crippen molar-refractivity contribution in [1.29, 1.82) is 0 Å². The molecule has 1 aromatic carbocycles. The van der Waals surface area contributed by atoms with Crippen molar-refractivity contribution >= 4 is 0 Å². The van der Waals surface area contributed by atoms with Gasteiger partial charge in [-0.25, -0.2) is 0 Å². The van der Waals surface area contributed by atoms with Crippen molar-refractivity contribution in [3.63, 3.8) is 0 Å². The SMILES string of the molecule is CNCc1ccc(-c2ccc(OCC(C)C)cc2)nc1C. The average Bonchev–Trinajstić information content (AvgIpc) is 2.48. The number of nitrogens with one attached hydrogen (secondary N) is 1. The normalized spacial score (nSPS) is 10.9. The number of hydrogen-bond donors (Lipinski definition) is 1. The van der Waals surface area contributed by atoms with Gasteiger partial charge in [-0.15, -0.1) is 0 Å². The zero-order valence-corrected chi connectivity index (χ0v) is 13.3. The summed E-state index contributed by atoms with van der Waals surface area (Å²) in [5.74, 6) is 1.45. The molecular formula is C18H24N2O. The lowest BCUT2D eigenvalue weighted by atomic mass is 10.1. The Morgan fingerprint density at radius 1 is 1.10 bits per heavy atom. The van der Waals surface area contributed by atoms with Gasteiger partial charge in [0.05, 0.1) is 12.3 Å². The van der Waals surface area contributed by atoms with Crippen LogP contribution in [0.3, 0.4) is 0 Å². The van der Waals surface area contributed by atoms with E-state index in [4.69, 9.17) is 4.74 Å². The molecule has 112 valence electrons. The van der Waals surface area contributed by atoms with Crippen molar-refractivity contribution in [3.8, 4) is 17.0 Å². The van der Waals surface area contributed by atoms with Crippen LogP contribution in [0.25, 0.3) is 11.3 Å². The first-order valence-electron chi connectivity index (χ1n) is 7.44. The highest BCUT2D eigenvalue weighted by atomic mass is 16.5. The third-order valence-corrected chi connectivity index (χ3v) is 3.30. The van der Waals surface area contributed by atoms with Crippen LogP contribution in [0, 0.1) is 12.8 Å². The largest absolute Gasteiger partial charge is 0.493 e. The van der Waals surface area contributed by atoms with E-state index < -0.39 is 0 Å². The fourth-order valence-corrected chi connectivity index (χ4v) is 2.11. The van der Waals surface area contributed by atoms with Crippen LogP contribution >= 0.6 is 0 Å². The Morgan fingerprint density at radius 2 is 1.81 bits per heavy atom. The summed E-state index contributed by atoms with van der Waals surface area (Å²) in [6.07, 6.45) is 0. The van der Waals surface area contributed by atoms with Gasteiger partial charge in [-0.1, -0.05) is 19.9 Å². The third kappa shape index (κ3) is 4.30. The van der Waals surface area contributed by atoms with Gasteiger partial charge < -0.3 is 10.1 Å². The van der Waals surface area contributed by atoms with Gasteiger partial charge >= 0.3 is 0 Å². The Bertz CT molecular complexity index is 576. The molecule has 0 aliphatic heterocycles. The molecule has 0 unspecified atom stereocenters. The van der Waals surface area contributed by atoms with Crippen molar-refractivity contribution in [1.82, 2.24) is 10.3 Å². The van der Waals surface area contributed by atoms with Crippen LogP contribution in [-0.2, 0) is 6.54 Å². The van der Waals surface area contributed by atoms with Gasteiger partial charge in [0.15, 0.2) is 0 Å². The van der Waals surface area contributed by atoms with E-state index in [9.17, 15) is 0 Å². The standard InChI is InChI=1S/C18H24N2O/c1-13(2)12-21-17-8-5-15(6-9-17)18-10-7-16(11-19-4)14(3)20-18/h5-10,13,19H,11-12H2,1-4H3. The lowest BCUT2D eigenvalue weighted by molar-refractivity contribution is 0.271. The number of nitrogens with zero attached hydrogens (tertiary/aromatic N) is 1. The summed E-state index contributed by atoms with van der Waals surface area (Å²) in [6.45, 7) is 7.94. The highest BCUT2D eigenvalue weighted by molar-refractivity contribution is 5.60. The molecule has 3 heteroatoms. The second kappa shape index (κ2) is 7.23. The molecule has 0 bridgehead atoms. The number of benzene rings is 1. The summed E-state index contributed by atoms with van der Waals surface area (Å²) in [6, 6.07) is 12.4. The van der Waals surface area contributed by atoms with Gasteiger partial charge in [0.2, 0.25) is 0 Å². The van der Waals surface area contributed by atoms with E-state index in [0.29, 0.717) is 5.92 Å². The lowest BCUT2D eigenvalue weighted by Gasteiger charge is -2.10. The predicted molar refractivity (Wildman–Crippen MR) is 87.5 cm³/mol. The first-order valence-corrected chi connectivity index (χ1v) is 7.44. The van der Waals surface area contributed by atoms with Crippen LogP contribution in [0.4, 0.5) is 0 Å². The molecule has 21 heavy (non-hydrogen) atoms. The van der Waals surface area contributed by atoms with Crippen LogP contribution < -0.4 is 10.1 Å². The lowest BCUT2D eigenvalue weighted by Crippen LogP contribution is -2.07. The minimum Gasteiger partial charge on any atom is -0.493 e. The zero-order chi connectivity index (χ0) is 15.2. The van der Waals surface area contributed by atoms with Crippen LogP contribution in [0.15, 0.2) is 36.4 Å². The topological polar surface area (TPSA) is 34.1 Å². The second-order valence-electron chi connectivity index (χ2n) is 5.70. The summed E-state index contributed by atoms with van der Waals surface area (Å²) in [5, 5.41) is 3.16. The fraction of sp³-hybridized carbons (Fsp3) is 0.389. The van der Waals surface area contributed by atoms with Gasteiger partial charge in [-0.3, -0.25) is 4.98 Å². The van der Waals surface area contributed by atoms with Crippen molar-refractivity contribution in [3.05, 3.63) is 47.7 Å². The Balaban J connectivity index is 2.13. The number of aryl methyl sites for hydroxylation is 1. The van der Waals surface area contributed by atoms with Crippen molar-refractivity contribution in [2.45, 2.75) is 27.3 Å². The molecule has 2 aromatic rings. The summed E-state index contributed by atoms with van der Waals surface area (Å²) in [5.41, 5.74) is 4.42. The maximum absolute atomic E-state index is 5.70. The molecule has 0 fully saturated rings. The Hall–Kier alpha value is -1.87. The van der Waals surface area contributed by atoms with Crippen LogP contribution in [0.5, 0.6) is 5.75 Å². The molecule has 0 saturated heterocycles. The van der Waals surface area contributed by atoms with E-state index in [0.717, 1.165) is 35.9 Å². The van der Waals surface area contributed by atoms with Crippen molar-refractivity contribution < 1.29 is 4.74 Å². The molecular weight excluding hydrogens is 260 g/mol. The van der Waals surface area contributed by atoms with Gasteiger partial charge in [0, 0.05) is 17.8 Å². The van der Waals surface area contributed by atoms with E-state index in [1.165, 1.54) is 5.56 Å². The number of aromatic nitrogens is 1. The molecule has 3 nitrogen and oxygen atoms in total. The van der Waals surface area contributed by atoms with Crippen LogP contribution in [0.1, 0.15) is 25.1 Å². The Labute approximate surface area is 127 Å². The highest BCUT2D eigenvalue weighted by Crippen LogP contribution is 2.22. The molecule has 0 aliphatic rings. The van der Waals surface area contributed by atoms with E-state index in [-0.39, 0.29) is 0 Å². The summed E-state index contributed by atoms with van der Waals surface area (Å²) in [4.78, 5) is 4.69. The molecule has 0 saturated carbocycles. The van der Waals surface area contributed by atoms with Crippen molar-refractivity contribution in [2.75, 3.05) is 13.7 Å². The fourth-order valence-electron chi connectivity index (χ4n) is 2.11. The zero-order valence-electron chi connectivity index (χ0n) is 13.3. The van der Waals surface area contributed by atoms with Gasteiger partial charge in [0.25, 0.3) is 0 Å². The molecule has 1 heterocycles. The smallest absolute Gasteiger partial charge is 0.119 e. The monoisotopic (exact) mass is 284 g/mol.